The number of furan rings is 1. The molecule has 0 aliphatic heterocycles. The first-order valence-electron chi connectivity index (χ1n) is 6.20. The number of thiophene rings is 1. The lowest BCUT2D eigenvalue weighted by atomic mass is 10.1. The minimum absolute atomic E-state index is 0.0171. The van der Waals surface area contributed by atoms with Crippen LogP contribution in [0.5, 0.6) is 0 Å². The van der Waals surface area contributed by atoms with Crippen LogP contribution in [0.2, 0.25) is 0 Å². The molecule has 0 fully saturated rings. The Labute approximate surface area is 123 Å². The van der Waals surface area contributed by atoms with E-state index in [0.717, 1.165) is 11.3 Å². The molecule has 0 unspecified atom stereocenters. The van der Waals surface area contributed by atoms with Crippen LogP contribution >= 0.6 is 11.3 Å². The average Bonchev–Trinajstić information content (AvgIpc) is 3.07. The summed E-state index contributed by atoms with van der Waals surface area (Å²) in [5, 5.41) is 9.57. The molecule has 1 aromatic carbocycles. The van der Waals surface area contributed by atoms with Gasteiger partial charge in [0.2, 0.25) is 0 Å². The number of halogens is 1. The molecule has 3 rings (SSSR count). The summed E-state index contributed by atoms with van der Waals surface area (Å²) in [6, 6.07) is 8.07. The van der Waals surface area contributed by atoms with Crippen molar-refractivity contribution in [2.24, 2.45) is 0 Å². The monoisotopic (exact) mass is 306 g/mol. The van der Waals surface area contributed by atoms with Gasteiger partial charge in [-0.05, 0) is 24.3 Å². The van der Waals surface area contributed by atoms with Crippen LogP contribution < -0.4 is 0 Å². The Morgan fingerprint density at radius 1 is 1.29 bits per heavy atom. The van der Waals surface area contributed by atoms with E-state index in [1.54, 1.807) is 24.3 Å². The molecule has 6 heteroatoms. The largest absolute Gasteiger partial charge is 0.477 e. The second-order valence-electron chi connectivity index (χ2n) is 4.40. The molecule has 4 nitrogen and oxygen atoms in total. The zero-order chi connectivity index (χ0) is 14.8. The highest BCUT2D eigenvalue weighted by atomic mass is 32.1. The van der Waals surface area contributed by atoms with E-state index in [4.69, 9.17) is 9.15 Å². The lowest BCUT2D eigenvalue weighted by Gasteiger charge is -2.04. The summed E-state index contributed by atoms with van der Waals surface area (Å²) in [5.74, 6) is -0.882. The van der Waals surface area contributed by atoms with Gasteiger partial charge in [0.15, 0.2) is 0 Å². The highest BCUT2D eigenvalue weighted by Crippen LogP contribution is 2.33. The molecule has 108 valence electrons. The van der Waals surface area contributed by atoms with Crippen molar-refractivity contribution in [1.82, 2.24) is 0 Å². The van der Waals surface area contributed by atoms with Crippen molar-refractivity contribution in [1.29, 1.82) is 0 Å². The quantitative estimate of drug-likeness (QED) is 0.772. The van der Waals surface area contributed by atoms with E-state index in [1.165, 1.54) is 12.3 Å². The first kappa shape index (κ1) is 13.8. The number of carbonyl (C=O) groups is 1. The van der Waals surface area contributed by atoms with E-state index in [2.05, 4.69) is 0 Å². The van der Waals surface area contributed by atoms with Crippen molar-refractivity contribution < 1.29 is 23.4 Å². The van der Waals surface area contributed by atoms with Crippen LogP contribution in [0.15, 0.2) is 41.0 Å². The molecule has 0 saturated carbocycles. The van der Waals surface area contributed by atoms with Gasteiger partial charge in [-0.3, -0.25) is 0 Å². The first-order chi connectivity index (χ1) is 10.2. The normalized spacial score (nSPS) is 11.1. The predicted octanol–water partition coefficient (Wildman–Crippen LogP) is 4.05. The highest BCUT2D eigenvalue weighted by Gasteiger charge is 2.20. The van der Waals surface area contributed by atoms with Gasteiger partial charge in [-0.15, -0.1) is 11.3 Å². The molecule has 0 spiro atoms. The molecule has 0 atom stereocenters. The van der Waals surface area contributed by atoms with Gasteiger partial charge in [-0.25, -0.2) is 9.18 Å². The van der Waals surface area contributed by atoms with Crippen molar-refractivity contribution in [3.8, 4) is 0 Å². The Hall–Kier alpha value is -2.18. The highest BCUT2D eigenvalue weighted by molar-refractivity contribution is 7.21. The van der Waals surface area contributed by atoms with E-state index in [9.17, 15) is 14.3 Å². The Balaban J connectivity index is 1.91. The molecule has 0 aliphatic carbocycles. The van der Waals surface area contributed by atoms with Crippen LogP contribution in [0.25, 0.3) is 10.1 Å². The van der Waals surface area contributed by atoms with Crippen LogP contribution in [-0.2, 0) is 18.0 Å². The minimum Gasteiger partial charge on any atom is -0.477 e. The van der Waals surface area contributed by atoms with E-state index in [-0.39, 0.29) is 18.1 Å². The van der Waals surface area contributed by atoms with Gasteiger partial charge < -0.3 is 14.3 Å². The fourth-order valence-electron chi connectivity index (χ4n) is 2.13. The molecule has 3 aromatic rings. The maximum Gasteiger partial charge on any atom is 0.346 e. The Bertz CT molecular complexity index is 776. The summed E-state index contributed by atoms with van der Waals surface area (Å²) in [6.07, 6.45) is 1.53. The number of rotatable bonds is 5. The molecule has 0 bridgehead atoms. The van der Waals surface area contributed by atoms with Crippen LogP contribution in [-0.4, -0.2) is 11.1 Å². The second kappa shape index (κ2) is 5.67. The van der Waals surface area contributed by atoms with Crippen molar-refractivity contribution in [2.45, 2.75) is 13.2 Å². The van der Waals surface area contributed by atoms with E-state index >= 15 is 0 Å². The molecular weight excluding hydrogens is 295 g/mol. The first-order valence-corrected chi connectivity index (χ1v) is 7.02. The molecule has 0 amide bonds. The Morgan fingerprint density at radius 2 is 2.14 bits per heavy atom. The average molecular weight is 306 g/mol. The van der Waals surface area contributed by atoms with E-state index in [1.807, 2.05) is 0 Å². The number of hydrogen-bond acceptors (Lipinski definition) is 4. The number of carboxylic acid groups (broad SMARTS) is 1. The summed E-state index contributed by atoms with van der Waals surface area (Å²) >= 11 is 1.05. The third-order valence-electron chi connectivity index (χ3n) is 3.03. The molecule has 0 radical (unpaired) electrons. The number of carboxylic acids is 1. The number of hydrogen-bond donors (Lipinski definition) is 1. The third kappa shape index (κ3) is 2.68. The Morgan fingerprint density at radius 3 is 2.86 bits per heavy atom. The lowest BCUT2D eigenvalue weighted by Crippen LogP contribution is -2.01. The Kier molecular flexibility index (Phi) is 3.72. The smallest absolute Gasteiger partial charge is 0.346 e. The SMILES string of the molecule is O=C(O)c1sc2cccc(F)c2c1COCc1ccco1. The second-order valence-corrected chi connectivity index (χ2v) is 5.45. The number of aromatic carboxylic acids is 1. The van der Waals surface area contributed by atoms with E-state index < -0.39 is 11.8 Å². The summed E-state index contributed by atoms with van der Waals surface area (Å²) in [7, 11) is 0. The molecule has 0 saturated heterocycles. The van der Waals surface area contributed by atoms with Crippen molar-refractivity contribution in [2.75, 3.05) is 0 Å². The van der Waals surface area contributed by atoms with Crippen LogP contribution in [0.3, 0.4) is 0 Å². The standard InChI is InChI=1S/C15H11FO4S/c16-11-4-1-5-12-13(11)10(14(21-12)15(17)18)8-19-7-9-3-2-6-20-9/h1-6H,7-8H2,(H,17,18). The van der Waals surface area contributed by atoms with Gasteiger partial charge in [0, 0.05) is 15.6 Å². The topological polar surface area (TPSA) is 59.7 Å². The van der Waals surface area contributed by atoms with E-state index in [0.29, 0.717) is 21.4 Å². The van der Waals surface area contributed by atoms with Gasteiger partial charge in [0.05, 0.1) is 12.9 Å². The number of fused-ring (bicyclic) bond motifs is 1. The zero-order valence-corrected chi connectivity index (χ0v) is 11.7. The summed E-state index contributed by atoms with van der Waals surface area (Å²) < 4.78 is 25.2. The molecule has 0 aliphatic rings. The van der Waals surface area contributed by atoms with Crippen molar-refractivity contribution in [3.63, 3.8) is 0 Å². The number of benzene rings is 1. The minimum atomic E-state index is -1.08. The molecular formula is C15H11FO4S. The summed E-state index contributed by atoms with van der Waals surface area (Å²) in [4.78, 5) is 11.4. The van der Waals surface area contributed by atoms with Crippen LogP contribution in [0.4, 0.5) is 4.39 Å². The predicted molar refractivity (Wildman–Crippen MR) is 75.9 cm³/mol. The molecule has 2 heterocycles. The summed E-state index contributed by atoms with van der Waals surface area (Å²) in [5.41, 5.74) is 0.368. The summed E-state index contributed by atoms with van der Waals surface area (Å²) in [6.45, 7) is 0.223. The lowest BCUT2D eigenvalue weighted by molar-refractivity contribution is 0.0687. The van der Waals surface area contributed by atoms with Gasteiger partial charge >= 0.3 is 5.97 Å². The van der Waals surface area contributed by atoms with Crippen molar-refractivity contribution in [3.05, 3.63) is 58.6 Å². The molecule has 21 heavy (non-hydrogen) atoms. The van der Waals surface area contributed by atoms with Crippen LogP contribution in [0, 0.1) is 5.82 Å². The van der Waals surface area contributed by atoms with Crippen molar-refractivity contribution >= 4 is 27.4 Å². The van der Waals surface area contributed by atoms with Gasteiger partial charge in [0.1, 0.15) is 23.1 Å². The maximum absolute atomic E-state index is 14.0. The van der Waals surface area contributed by atoms with Gasteiger partial charge in [-0.1, -0.05) is 6.07 Å². The van der Waals surface area contributed by atoms with Crippen LogP contribution in [0.1, 0.15) is 21.0 Å². The molecule has 2 aromatic heterocycles. The zero-order valence-electron chi connectivity index (χ0n) is 10.8. The van der Waals surface area contributed by atoms with Gasteiger partial charge in [-0.2, -0.15) is 0 Å². The fourth-order valence-corrected chi connectivity index (χ4v) is 3.19. The van der Waals surface area contributed by atoms with Gasteiger partial charge in [0.25, 0.3) is 0 Å². The molecule has 1 N–H and O–H groups in total. The third-order valence-corrected chi connectivity index (χ3v) is 4.21. The number of ether oxygens (including phenoxy) is 1. The maximum atomic E-state index is 14.0. The fraction of sp³-hybridized carbons (Fsp3) is 0.133.